The monoisotopic (exact) mass is 380 g/mol. The number of carbonyl (C=O) groups is 1. The van der Waals surface area contributed by atoms with E-state index in [-0.39, 0.29) is 17.5 Å². The number of rotatable bonds is 5. The fourth-order valence-corrected chi connectivity index (χ4v) is 3.76. The second kappa shape index (κ2) is 7.84. The fraction of sp³-hybridized carbons (Fsp3) is 0.400. The van der Waals surface area contributed by atoms with Crippen LogP contribution in [0.15, 0.2) is 53.8 Å². The summed E-state index contributed by atoms with van der Waals surface area (Å²) >= 11 is 0. The molecule has 0 N–H and O–H groups in total. The Morgan fingerprint density at radius 1 is 1.18 bits per heavy atom. The van der Waals surface area contributed by atoms with Gasteiger partial charge in [-0.05, 0) is 18.4 Å². The normalized spacial score (nSPS) is 15.1. The number of aryl methyl sites for hydroxylation is 1. The van der Waals surface area contributed by atoms with E-state index < -0.39 is 0 Å². The molecule has 0 atom stereocenters. The van der Waals surface area contributed by atoms with Crippen molar-refractivity contribution in [1.82, 2.24) is 28.8 Å². The van der Waals surface area contributed by atoms with E-state index >= 15 is 0 Å². The summed E-state index contributed by atoms with van der Waals surface area (Å²) < 4.78 is 4.96. The molecule has 0 radical (unpaired) electrons. The minimum atomic E-state index is -0.0996. The Hall–Kier alpha value is -3.16. The van der Waals surface area contributed by atoms with Gasteiger partial charge < -0.3 is 9.47 Å². The molecule has 1 aromatic carbocycles. The lowest BCUT2D eigenvalue weighted by Gasteiger charge is -2.31. The van der Waals surface area contributed by atoms with Gasteiger partial charge in [-0.3, -0.25) is 9.36 Å². The highest BCUT2D eigenvalue weighted by atomic mass is 16.2. The first-order chi connectivity index (χ1) is 13.6. The average molecular weight is 380 g/mol. The van der Waals surface area contributed by atoms with Gasteiger partial charge in [-0.15, -0.1) is 0 Å². The highest BCUT2D eigenvalue weighted by Crippen LogP contribution is 2.26. The van der Waals surface area contributed by atoms with Crippen molar-refractivity contribution in [3.8, 4) is 0 Å². The summed E-state index contributed by atoms with van der Waals surface area (Å²) in [6.45, 7) is 2.18. The fourth-order valence-electron chi connectivity index (χ4n) is 3.76. The van der Waals surface area contributed by atoms with Crippen LogP contribution < -0.4 is 5.69 Å². The zero-order chi connectivity index (χ0) is 19.5. The quantitative estimate of drug-likeness (QED) is 0.667. The predicted molar refractivity (Wildman–Crippen MR) is 104 cm³/mol. The summed E-state index contributed by atoms with van der Waals surface area (Å²) in [5.74, 6) is 1.09. The molecule has 1 saturated heterocycles. The van der Waals surface area contributed by atoms with Crippen LogP contribution in [0.25, 0.3) is 0 Å². The van der Waals surface area contributed by atoms with Crippen LogP contribution in [-0.4, -0.2) is 47.8 Å². The number of imidazole rings is 1. The third-order valence-electron chi connectivity index (χ3n) is 5.31. The summed E-state index contributed by atoms with van der Waals surface area (Å²) in [7, 11) is 1.69. The van der Waals surface area contributed by atoms with Crippen molar-refractivity contribution in [3.05, 3.63) is 70.9 Å². The summed E-state index contributed by atoms with van der Waals surface area (Å²) in [4.78, 5) is 30.9. The molecule has 0 bridgehead atoms. The number of amides is 1. The van der Waals surface area contributed by atoms with Gasteiger partial charge >= 0.3 is 5.69 Å². The SMILES string of the molecule is Cn1nc(C2CCN(C(=O)Cn3ccnc3)CC2)n(Cc2ccccc2)c1=O. The van der Waals surface area contributed by atoms with Gasteiger partial charge in [0.25, 0.3) is 0 Å². The maximum absolute atomic E-state index is 12.6. The van der Waals surface area contributed by atoms with Crippen LogP contribution in [0.2, 0.25) is 0 Å². The Balaban J connectivity index is 1.45. The highest BCUT2D eigenvalue weighted by Gasteiger charge is 2.28. The maximum Gasteiger partial charge on any atom is 0.345 e. The average Bonchev–Trinajstić information content (AvgIpc) is 3.32. The van der Waals surface area contributed by atoms with Gasteiger partial charge in [0.2, 0.25) is 5.91 Å². The van der Waals surface area contributed by atoms with E-state index in [9.17, 15) is 9.59 Å². The summed E-state index contributed by atoms with van der Waals surface area (Å²) in [5, 5.41) is 4.51. The van der Waals surface area contributed by atoms with Gasteiger partial charge in [0.1, 0.15) is 12.4 Å². The zero-order valence-electron chi connectivity index (χ0n) is 15.9. The number of aromatic nitrogens is 5. The minimum Gasteiger partial charge on any atom is -0.341 e. The molecule has 3 heterocycles. The van der Waals surface area contributed by atoms with Gasteiger partial charge in [-0.1, -0.05) is 30.3 Å². The predicted octanol–water partition coefficient (Wildman–Crippen LogP) is 1.23. The van der Waals surface area contributed by atoms with Gasteiger partial charge in [-0.2, -0.15) is 5.10 Å². The van der Waals surface area contributed by atoms with Crippen LogP contribution in [0.5, 0.6) is 0 Å². The lowest BCUT2D eigenvalue weighted by molar-refractivity contribution is -0.132. The van der Waals surface area contributed by atoms with E-state index in [4.69, 9.17) is 0 Å². The molecule has 2 aromatic heterocycles. The number of benzene rings is 1. The lowest BCUT2D eigenvalue weighted by atomic mass is 9.95. The second-order valence-electron chi connectivity index (χ2n) is 7.23. The van der Waals surface area contributed by atoms with Crippen molar-refractivity contribution < 1.29 is 4.79 Å². The summed E-state index contributed by atoms with van der Waals surface area (Å²) in [6, 6.07) is 9.94. The molecule has 3 aromatic rings. The van der Waals surface area contributed by atoms with Gasteiger partial charge in [0.15, 0.2) is 0 Å². The molecule has 1 amide bonds. The van der Waals surface area contributed by atoms with Gasteiger partial charge in [-0.25, -0.2) is 14.5 Å². The van der Waals surface area contributed by atoms with Crippen molar-refractivity contribution >= 4 is 5.91 Å². The number of hydrogen-bond donors (Lipinski definition) is 0. The first-order valence-corrected chi connectivity index (χ1v) is 9.53. The van der Waals surface area contributed by atoms with Gasteiger partial charge in [0, 0.05) is 38.4 Å². The van der Waals surface area contributed by atoms with Crippen LogP contribution in [0.4, 0.5) is 0 Å². The Kier molecular flexibility index (Phi) is 5.10. The molecule has 28 heavy (non-hydrogen) atoms. The molecule has 1 aliphatic rings. The highest BCUT2D eigenvalue weighted by molar-refractivity contribution is 5.76. The molecule has 8 heteroatoms. The Labute approximate surface area is 163 Å². The molecule has 0 aliphatic carbocycles. The van der Waals surface area contributed by atoms with E-state index in [1.165, 1.54) is 4.68 Å². The van der Waals surface area contributed by atoms with Crippen molar-refractivity contribution in [2.45, 2.75) is 31.8 Å². The molecule has 0 saturated carbocycles. The van der Waals surface area contributed by atoms with Crippen LogP contribution in [0.1, 0.15) is 30.1 Å². The Bertz CT molecular complexity index is 982. The Morgan fingerprint density at radius 2 is 1.93 bits per heavy atom. The number of piperidine rings is 1. The first kappa shape index (κ1) is 18.2. The number of carbonyl (C=O) groups excluding carboxylic acids is 1. The minimum absolute atomic E-state index is 0.0964. The molecule has 0 spiro atoms. The zero-order valence-corrected chi connectivity index (χ0v) is 15.9. The van der Waals surface area contributed by atoms with Crippen molar-refractivity contribution in [2.75, 3.05) is 13.1 Å². The molecular weight excluding hydrogens is 356 g/mol. The van der Waals surface area contributed by atoms with E-state index in [1.54, 1.807) is 34.9 Å². The van der Waals surface area contributed by atoms with Crippen molar-refractivity contribution in [3.63, 3.8) is 0 Å². The molecule has 1 aliphatic heterocycles. The van der Waals surface area contributed by atoms with Crippen LogP contribution in [0, 0.1) is 0 Å². The molecule has 1 fully saturated rings. The summed E-state index contributed by atoms with van der Waals surface area (Å²) in [5.41, 5.74) is 0.976. The molecular formula is C20H24N6O2. The van der Waals surface area contributed by atoms with Crippen LogP contribution in [-0.2, 0) is 24.9 Å². The topological polar surface area (TPSA) is 78.0 Å². The molecule has 146 valence electrons. The standard InChI is InChI=1S/C20H24N6O2/c1-23-20(28)26(13-16-5-3-2-4-6-16)19(22-23)17-7-10-25(11-8-17)18(27)14-24-12-9-21-15-24/h2-6,9,12,15,17H,7-8,10-11,13-14H2,1H3. The van der Waals surface area contributed by atoms with E-state index in [2.05, 4.69) is 10.1 Å². The number of likely N-dealkylation sites (tertiary alicyclic amines) is 1. The molecule has 0 unspecified atom stereocenters. The number of nitrogens with zero attached hydrogens (tertiary/aromatic N) is 6. The maximum atomic E-state index is 12.6. The van der Waals surface area contributed by atoms with Crippen LogP contribution >= 0.6 is 0 Å². The Morgan fingerprint density at radius 3 is 2.61 bits per heavy atom. The lowest BCUT2D eigenvalue weighted by Crippen LogP contribution is -2.40. The second-order valence-corrected chi connectivity index (χ2v) is 7.23. The van der Waals surface area contributed by atoms with Crippen LogP contribution in [0.3, 0.4) is 0 Å². The van der Waals surface area contributed by atoms with Gasteiger partial charge in [0.05, 0.1) is 12.9 Å². The third kappa shape index (κ3) is 3.76. The van der Waals surface area contributed by atoms with Crippen molar-refractivity contribution in [2.24, 2.45) is 7.05 Å². The summed E-state index contributed by atoms with van der Waals surface area (Å²) in [6.07, 6.45) is 6.73. The van der Waals surface area contributed by atoms with Crippen molar-refractivity contribution in [1.29, 1.82) is 0 Å². The molecule has 8 nitrogen and oxygen atoms in total. The van der Waals surface area contributed by atoms with E-state index in [0.29, 0.717) is 26.2 Å². The first-order valence-electron chi connectivity index (χ1n) is 9.53. The third-order valence-corrected chi connectivity index (χ3v) is 5.31. The smallest absolute Gasteiger partial charge is 0.341 e. The van der Waals surface area contributed by atoms with E-state index in [0.717, 1.165) is 24.2 Å². The molecule has 4 rings (SSSR count). The number of hydrogen-bond acceptors (Lipinski definition) is 4. The largest absolute Gasteiger partial charge is 0.345 e. The van der Waals surface area contributed by atoms with E-state index in [1.807, 2.05) is 35.2 Å².